The van der Waals surface area contributed by atoms with E-state index in [1.165, 1.54) is 13.4 Å². The van der Waals surface area contributed by atoms with E-state index in [0.29, 0.717) is 39.7 Å². The Morgan fingerprint density at radius 3 is 2.40 bits per heavy atom. The molecule has 0 atom stereocenters. The van der Waals surface area contributed by atoms with E-state index >= 15 is 0 Å². The van der Waals surface area contributed by atoms with E-state index in [9.17, 15) is 5.11 Å². The number of nitrogens with one attached hydrogen (secondary N) is 1. The molecule has 1 aromatic heterocycles. The Morgan fingerprint density at radius 2 is 1.72 bits per heavy atom. The quantitative estimate of drug-likeness (QED) is 0.688. The van der Waals surface area contributed by atoms with Crippen molar-refractivity contribution in [2.24, 2.45) is 0 Å². The van der Waals surface area contributed by atoms with Crippen LogP contribution >= 0.6 is 0 Å². The number of hydrogen-bond donors (Lipinski definition) is 2. The van der Waals surface area contributed by atoms with Gasteiger partial charge in [-0.05, 0) is 30.7 Å². The summed E-state index contributed by atoms with van der Waals surface area (Å²) in [5.74, 6) is 2.06. The van der Waals surface area contributed by atoms with Gasteiger partial charge >= 0.3 is 0 Å². The number of fused-ring (bicyclic) bond motifs is 1. The molecule has 2 aromatic carbocycles. The van der Waals surface area contributed by atoms with E-state index in [-0.39, 0.29) is 5.75 Å². The summed E-state index contributed by atoms with van der Waals surface area (Å²) >= 11 is 0. The minimum atomic E-state index is 0.129. The highest BCUT2D eigenvalue weighted by atomic mass is 16.5. The van der Waals surface area contributed by atoms with Crippen LogP contribution in [0.5, 0.6) is 23.0 Å². The van der Waals surface area contributed by atoms with Crippen LogP contribution < -0.4 is 19.5 Å². The van der Waals surface area contributed by atoms with Crippen LogP contribution in [0.15, 0.2) is 30.6 Å². The molecule has 0 unspecified atom stereocenters. The molecule has 0 spiro atoms. The van der Waals surface area contributed by atoms with Crippen LogP contribution in [-0.4, -0.2) is 36.4 Å². The number of anilines is 2. The van der Waals surface area contributed by atoms with Crippen LogP contribution in [0.3, 0.4) is 0 Å². The van der Waals surface area contributed by atoms with Gasteiger partial charge in [-0.3, -0.25) is 0 Å². The average molecular weight is 341 g/mol. The Kier molecular flexibility index (Phi) is 4.47. The first-order valence-electron chi connectivity index (χ1n) is 7.59. The van der Waals surface area contributed by atoms with Crippen molar-refractivity contribution in [1.82, 2.24) is 9.97 Å². The van der Waals surface area contributed by atoms with E-state index in [1.54, 1.807) is 26.4 Å². The molecule has 0 aliphatic heterocycles. The molecular weight excluding hydrogens is 322 g/mol. The summed E-state index contributed by atoms with van der Waals surface area (Å²) in [5, 5.41) is 13.9. The van der Waals surface area contributed by atoms with Gasteiger partial charge in [0.1, 0.15) is 23.4 Å². The van der Waals surface area contributed by atoms with Crippen LogP contribution in [-0.2, 0) is 0 Å². The maximum Gasteiger partial charge on any atom is 0.205 e. The monoisotopic (exact) mass is 341 g/mol. The fourth-order valence-electron chi connectivity index (χ4n) is 2.64. The van der Waals surface area contributed by atoms with Gasteiger partial charge in [0, 0.05) is 0 Å². The van der Waals surface area contributed by atoms with Crippen molar-refractivity contribution in [2.45, 2.75) is 6.92 Å². The van der Waals surface area contributed by atoms with E-state index < -0.39 is 0 Å². The second-order valence-electron chi connectivity index (χ2n) is 5.41. The normalized spacial score (nSPS) is 10.6. The number of aryl methyl sites for hydroxylation is 1. The van der Waals surface area contributed by atoms with Crippen molar-refractivity contribution in [2.75, 3.05) is 26.6 Å². The van der Waals surface area contributed by atoms with Gasteiger partial charge in [0.25, 0.3) is 0 Å². The molecule has 25 heavy (non-hydrogen) atoms. The smallest absolute Gasteiger partial charge is 0.205 e. The summed E-state index contributed by atoms with van der Waals surface area (Å²) in [5.41, 5.74) is 2.13. The third-order valence-electron chi connectivity index (χ3n) is 3.84. The lowest BCUT2D eigenvalue weighted by Crippen LogP contribution is -2.01. The van der Waals surface area contributed by atoms with Gasteiger partial charge in [0.15, 0.2) is 11.5 Å². The average Bonchev–Trinajstić information content (AvgIpc) is 2.63. The third-order valence-corrected chi connectivity index (χ3v) is 3.84. The number of hydrogen-bond acceptors (Lipinski definition) is 7. The summed E-state index contributed by atoms with van der Waals surface area (Å²) in [4.78, 5) is 8.60. The minimum Gasteiger partial charge on any atom is -0.506 e. The molecule has 0 aliphatic carbocycles. The van der Waals surface area contributed by atoms with Gasteiger partial charge in [-0.2, -0.15) is 0 Å². The highest BCUT2D eigenvalue weighted by Gasteiger charge is 2.19. The van der Waals surface area contributed by atoms with Gasteiger partial charge < -0.3 is 24.6 Å². The molecule has 0 saturated heterocycles. The predicted octanol–water partition coefficient (Wildman–Crippen LogP) is 3.41. The Hall–Kier alpha value is -3.22. The van der Waals surface area contributed by atoms with Gasteiger partial charge in [-0.15, -0.1) is 0 Å². The molecule has 0 bridgehead atoms. The molecule has 130 valence electrons. The zero-order valence-corrected chi connectivity index (χ0v) is 14.5. The molecule has 0 radical (unpaired) electrons. The maximum atomic E-state index is 10.1. The number of methoxy groups -OCH3 is 3. The fraction of sp³-hybridized carbons (Fsp3) is 0.222. The molecule has 0 saturated carbocycles. The summed E-state index contributed by atoms with van der Waals surface area (Å²) < 4.78 is 16.3. The van der Waals surface area contributed by atoms with Crippen LogP contribution in [0.25, 0.3) is 10.9 Å². The zero-order valence-electron chi connectivity index (χ0n) is 14.5. The van der Waals surface area contributed by atoms with Crippen molar-refractivity contribution in [1.29, 1.82) is 0 Å². The lowest BCUT2D eigenvalue weighted by Gasteiger charge is -2.16. The second-order valence-corrected chi connectivity index (χ2v) is 5.41. The molecule has 0 fully saturated rings. The standard InChI is InChI=1S/C18H19N3O4/c1-10-5-6-13(22)12(7-10)21-18-11-8-14(23-2)16(24-3)17(25-4)15(11)19-9-20-18/h5-9,22H,1-4H3,(H,19,20,21). The van der Waals surface area contributed by atoms with E-state index in [0.717, 1.165) is 5.56 Å². The summed E-state index contributed by atoms with van der Waals surface area (Å²) in [7, 11) is 4.63. The molecule has 2 N–H and O–H groups in total. The third kappa shape index (κ3) is 2.96. The summed E-state index contributed by atoms with van der Waals surface area (Å²) in [6.07, 6.45) is 1.42. The number of phenols is 1. The van der Waals surface area contributed by atoms with Crippen molar-refractivity contribution in [3.8, 4) is 23.0 Å². The zero-order chi connectivity index (χ0) is 18.0. The van der Waals surface area contributed by atoms with Crippen LogP contribution in [0.1, 0.15) is 5.56 Å². The van der Waals surface area contributed by atoms with E-state index in [1.807, 2.05) is 19.1 Å². The number of ether oxygens (including phenoxy) is 3. The van der Waals surface area contributed by atoms with Crippen molar-refractivity contribution in [3.05, 3.63) is 36.2 Å². The predicted molar refractivity (Wildman–Crippen MR) is 95.3 cm³/mol. The summed E-state index contributed by atoms with van der Waals surface area (Å²) in [6, 6.07) is 7.06. The first-order chi connectivity index (χ1) is 12.1. The second kappa shape index (κ2) is 6.72. The highest BCUT2D eigenvalue weighted by Crippen LogP contribution is 2.44. The van der Waals surface area contributed by atoms with Gasteiger partial charge in [-0.25, -0.2) is 9.97 Å². The first-order valence-corrected chi connectivity index (χ1v) is 7.59. The lowest BCUT2D eigenvalue weighted by molar-refractivity contribution is 0.327. The molecule has 0 aliphatic rings. The van der Waals surface area contributed by atoms with Gasteiger partial charge in [-0.1, -0.05) is 6.07 Å². The summed E-state index contributed by atoms with van der Waals surface area (Å²) in [6.45, 7) is 1.94. The molecule has 1 heterocycles. The molecule has 3 rings (SSSR count). The number of aromatic hydroxyl groups is 1. The van der Waals surface area contributed by atoms with Crippen LogP contribution in [0.4, 0.5) is 11.5 Å². The van der Waals surface area contributed by atoms with Crippen molar-refractivity contribution < 1.29 is 19.3 Å². The number of rotatable bonds is 5. The number of phenolic OH excluding ortho intramolecular Hbond substituents is 1. The topological polar surface area (TPSA) is 85.7 Å². The SMILES string of the molecule is COc1cc2c(Nc3cc(C)ccc3O)ncnc2c(OC)c1OC. The van der Waals surface area contributed by atoms with Crippen LogP contribution in [0, 0.1) is 6.92 Å². The molecule has 7 nitrogen and oxygen atoms in total. The van der Waals surface area contributed by atoms with Crippen molar-refractivity contribution >= 4 is 22.4 Å². The lowest BCUT2D eigenvalue weighted by atomic mass is 10.1. The maximum absolute atomic E-state index is 10.1. The Bertz CT molecular complexity index is 928. The minimum absolute atomic E-state index is 0.129. The van der Waals surface area contributed by atoms with E-state index in [4.69, 9.17) is 14.2 Å². The largest absolute Gasteiger partial charge is 0.506 e. The Labute approximate surface area is 145 Å². The Morgan fingerprint density at radius 1 is 0.960 bits per heavy atom. The number of aromatic nitrogens is 2. The first kappa shape index (κ1) is 16.6. The van der Waals surface area contributed by atoms with Gasteiger partial charge in [0.05, 0.1) is 32.4 Å². The van der Waals surface area contributed by atoms with Gasteiger partial charge in [0.2, 0.25) is 5.75 Å². The fourth-order valence-corrected chi connectivity index (χ4v) is 2.64. The molecule has 7 heteroatoms. The Balaban J connectivity index is 2.21. The number of nitrogens with zero attached hydrogens (tertiary/aromatic N) is 2. The molecule has 0 amide bonds. The highest BCUT2D eigenvalue weighted by molar-refractivity contribution is 5.98. The van der Waals surface area contributed by atoms with E-state index in [2.05, 4.69) is 15.3 Å². The van der Waals surface area contributed by atoms with Crippen LogP contribution in [0.2, 0.25) is 0 Å². The number of benzene rings is 2. The molecular formula is C18H19N3O4. The van der Waals surface area contributed by atoms with Crippen molar-refractivity contribution in [3.63, 3.8) is 0 Å². The molecule has 3 aromatic rings.